The Morgan fingerprint density at radius 3 is 1.81 bits per heavy atom. The highest BCUT2D eigenvalue weighted by atomic mass is 16.5. The monoisotopic (exact) mass is 374 g/mol. The fraction of sp³-hybridized carbons (Fsp3) is 0.455. The van der Waals surface area contributed by atoms with Gasteiger partial charge in [-0.3, -0.25) is 0 Å². The van der Waals surface area contributed by atoms with Crippen LogP contribution in [0.3, 0.4) is 0 Å². The molecule has 1 N–H and O–H groups in total. The van der Waals surface area contributed by atoms with Crippen molar-refractivity contribution in [3.63, 3.8) is 0 Å². The van der Waals surface area contributed by atoms with Gasteiger partial charge in [-0.2, -0.15) is 0 Å². The number of rotatable bonds is 9. The van der Waals surface area contributed by atoms with Gasteiger partial charge in [0.25, 0.3) is 0 Å². The van der Waals surface area contributed by atoms with Crippen molar-refractivity contribution < 1.29 is 24.1 Å². The molecule has 0 saturated heterocycles. The summed E-state index contributed by atoms with van der Waals surface area (Å²) in [6, 6.07) is 11.5. The first-order chi connectivity index (χ1) is 12.9. The molecular formula is C22H30O5. The molecule has 0 fully saturated rings. The van der Waals surface area contributed by atoms with E-state index in [1.807, 2.05) is 36.4 Å². The van der Waals surface area contributed by atoms with E-state index in [9.17, 15) is 5.11 Å². The Hall–Kier alpha value is -2.40. The molecule has 0 radical (unpaired) electrons. The van der Waals surface area contributed by atoms with Gasteiger partial charge in [0.15, 0.2) is 23.0 Å². The third kappa shape index (κ3) is 4.86. The van der Waals surface area contributed by atoms with Gasteiger partial charge < -0.3 is 24.1 Å². The van der Waals surface area contributed by atoms with Crippen LogP contribution in [0.2, 0.25) is 0 Å². The van der Waals surface area contributed by atoms with Crippen molar-refractivity contribution in [1.82, 2.24) is 0 Å². The van der Waals surface area contributed by atoms with Crippen molar-refractivity contribution in [2.45, 2.75) is 26.4 Å². The van der Waals surface area contributed by atoms with E-state index in [-0.39, 0.29) is 11.8 Å². The summed E-state index contributed by atoms with van der Waals surface area (Å²) in [5.74, 6) is 3.01. The SMILES string of the molecule is COc1ccc(CC(C)C(C)C(O)c2ccc(OC)c(OC)c2)cc1OC. The smallest absolute Gasteiger partial charge is 0.161 e. The van der Waals surface area contributed by atoms with Gasteiger partial charge >= 0.3 is 0 Å². The highest BCUT2D eigenvalue weighted by molar-refractivity contribution is 5.44. The van der Waals surface area contributed by atoms with Gasteiger partial charge in [-0.15, -0.1) is 0 Å². The summed E-state index contributed by atoms with van der Waals surface area (Å²) in [4.78, 5) is 0. The van der Waals surface area contributed by atoms with E-state index in [2.05, 4.69) is 13.8 Å². The number of benzene rings is 2. The molecule has 0 bridgehead atoms. The molecule has 0 saturated carbocycles. The van der Waals surface area contributed by atoms with E-state index >= 15 is 0 Å². The predicted octanol–water partition coefficient (Wildman–Crippen LogP) is 4.27. The summed E-state index contributed by atoms with van der Waals surface area (Å²) >= 11 is 0. The summed E-state index contributed by atoms with van der Waals surface area (Å²) in [6.45, 7) is 4.21. The maximum Gasteiger partial charge on any atom is 0.161 e. The van der Waals surface area contributed by atoms with Gasteiger partial charge in [-0.25, -0.2) is 0 Å². The number of aliphatic hydroxyl groups excluding tert-OH is 1. The zero-order valence-electron chi connectivity index (χ0n) is 17.0. The lowest BCUT2D eigenvalue weighted by atomic mass is 9.83. The Morgan fingerprint density at radius 2 is 1.26 bits per heavy atom. The van der Waals surface area contributed by atoms with Crippen molar-refractivity contribution in [3.8, 4) is 23.0 Å². The van der Waals surface area contributed by atoms with Gasteiger partial charge in [-0.1, -0.05) is 26.0 Å². The number of hydrogen-bond donors (Lipinski definition) is 1. The molecule has 0 aromatic heterocycles. The Balaban J connectivity index is 2.13. The highest BCUT2D eigenvalue weighted by Crippen LogP contribution is 2.36. The molecule has 0 heterocycles. The van der Waals surface area contributed by atoms with Crippen molar-refractivity contribution >= 4 is 0 Å². The van der Waals surface area contributed by atoms with Crippen molar-refractivity contribution in [3.05, 3.63) is 47.5 Å². The standard InChI is InChI=1S/C22H30O5/c1-14(11-16-7-9-18(24-3)20(12-16)26-5)15(2)22(23)17-8-10-19(25-4)21(13-17)27-6/h7-10,12-15,22-23H,11H2,1-6H3. The molecule has 2 aromatic carbocycles. The molecule has 0 amide bonds. The van der Waals surface area contributed by atoms with Gasteiger partial charge in [0.2, 0.25) is 0 Å². The molecule has 3 unspecified atom stereocenters. The molecular weight excluding hydrogens is 344 g/mol. The Morgan fingerprint density at radius 1 is 0.741 bits per heavy atom. The Labute approximate surface area is 161 Å². The fourth-order valence-electron chi connectivity index (χ4n) is 3.22. The third-order valence-electron chi connectivity index (χ3n) is 5.15. The van der Waals surface area contributed by atoms with Gasteiger partial charge in [0, 0.05) is 0 Å². The molecule has 0 spiro atoms. The number of hydrogen-bond acceptors (Lipinski definition) is 5. The van der Waals surface area contributed by atoms with E-state index in [4.69, 9.17) is 18.9 Å². The summed E-state index contributed by atoms with van der Waals surface area (Å²) in [6.07, 6.45) is 0.228. The lowest BCUT2D eigenvalue weighted by Gasteiger charge is -2.26. The average molecular weight is 374 g/mol. The zero-order chi connectivity index (χ0) is 20.0. The molecule has 3 atom stereocenters. The quantitative estimate of drug-likeness (QED) is 0.710. The van der Waals surface area contributed by atoms with E-state index in [0.29, 0.717) is 17.2 Å². The maximum absolute atomic E-state index is 10.9. The predicted molar refractivity (Wildman–Crippen MR) is 106 cm³/mol. The van der Waals surface area contributed by atoms with Crippen LogP contribution in [0.25, 0.3) is 0 Å². The first-order valence-electron chi connectivity index (χ1n) is 9.06. The molecule has 0 aliphatic rings. The van der Waals surface area contributed by atoms with Crippen LogP contribution < -0.4 is 18.9 Å². The average Bonchev–Trinajstić information content (AvgIpc) is 2.71. The van der Waals surface area contributed by atoms with Crippen LogP contribution in [0.15, 0.2) is 36.4 Å². The highest BCUT2D eigenvalue weighted by Gasteiger charge is 2.24. The molecule has 2 aromatic rings. The van der Waals surface area contributed by atoms with Crippen LogP contribution >= 0.6 is 0 Å². The molecule has 0 aliphatic heterocycles. The summed E-state index contributed by atoms with van der Waals surface area (Å²) in [5, 5.41) is 10.9. The minimum absolute atomic E-state index is 0.0520. The molecule has 27 heavy (non-hydrogen) atoms. The molecule has 5 nitrogen and oxygen atoms in total. The number of methoxy groups -OCH3 is 4. The van der Waals surface area contributed by atoms with E-state index in [1.165, 1.54) is 0 Å². The summed E-state index contributed by atoms with van der Waals surface area (Å²) < 4.78 is 21.3. The zero-order valence-corrected chi connectivity index (χ0v) is 17.0. The first kappa shape index (κ1) is 20.9. The minimum Gasteiger partial charge on any atom is -0.493 e. The van der Waals surface area contributed by atoms with Crippen LogP contribution in [0.1, 0.15) is 31.1 Å². The summed E-state index contributed by atoms with van der Waals surface area (Å²) in [5.41, 5.74) is 1.96. The molecule has 0 aliphatic carbocycles. The lowest BCUT2D eigenvalue weighted by molar-refractivity contribution is 0.0869. The normalized spacial score (nSPS) is 14.2. The second-order valence-corrected chi connectivity index (χ2v) is 6.79. The Kier molecular flexibility index (Phi) is 7.36. The number of ether oxygens (including phenoxy) is 4. The van der Waals surface area contributed by atoms with Crippen LogP contribution in [0.5, 0.6) is 23.0 Å². The molecule has 2 rings (SSSR count). The molecule has 5 heteroatoms. The second-order valence-electron chi connectivity index (χ2n) is 6.79. The lowest BCUT2D eigenvalue weighted by Crippen LogP contribution is -2.19. The van der Waals surface area contributed by atoms with Crippen LogP contribution in [0.4, 0.5) is 0 Å². The van der Waals surface area contributed by atoms with Crippen molar-refractivity contribution in [2.75, 3.05) is 28.4 Å². The number of aliphatic hydroxyl groups is 1. The first-order valence-corrected chi connectivity index (χ1v) is 9.06. The van der Waals surface area contributed by atoms with E-state index < -0.39 is 6.10 Å². The third-order valence-corrected chi connectivity index (χ3v) is 5.15. The van der Waals surface area contributed by atoms with Gasteiger partial charge in [0.1, 0.15) is 0 Å². The molecule has 148 valence electrons. The van der Waals surface area contributed by atoms with Gasteiger partial charge in [0.05, 0.1) is 34.5 Å². The topological polar surface area (TPSA) is 57.2 Å². The van der Waals surface area contributed by atoms with Crippen LogP contribution in [-0.2, 0) is 6.42 Å². The van der Waals surface area contributed by atoms with E-state index in [0.717, 1.165) is 23.3 Å². The van der Waals surface area contributed by atoms with Crippen LogP contribution in [0, 0.1) is 11.8 Å². The second kappa shape index (κ2) is 9.51. The fourth-order valence-corrected chi connectivity index (χ4v) is 3.22. The van der Waals surface area contributed by atoms with Crippen LogP contribution in [-0.4, -0.2) is 33.5 Å². The largest absolute Gasteiger partial charge is 0.493 e. The summed E-state index contributed by atoms with van der Waals surface area (Å²) in [7, 11) is 6.45. The maximum atomic E-state index is 10.9. The van der Waals surface area contributed by atoms with Crippen molar-refractivity contribution in [1.29, 1.82) is 0 Å². The van der Waals surface area contributed by atoms with Gasteiger partial charge in [-0.05, 0) is 53.6 Å². The van der Waals surface area contributed by atoms with E-state index in [1.54, 1.807) is 28.4 Å². The minimum atomic E-state index is -0.597. The Bertz CT molecular complexity index is 743. The van der Waals surface area contributed by atoms with Crippen molar-refractivity contribution in [2.24, 2.45) is 11.8 Å².